The van der Waals surface area contributed by atoms with Crippen molar-refractivity contribution in [1.82, 2.24) is 71.7 Å². The zero-order valence-corrected chi connectivity index (χ0v) is 50.6. The number of hydrogen-bond donors (Lipinski definition) is 6. The fraction of sp³-hybridized carbons (Fsp3) is 0.477. The Labute approximate surface area is 498 Å². The highest BCUT2D eigenvalue weighted by Crippen LogP contribution is 2.39. The maximum atomic E-state index is 15.0. The summed E-state index contributed by atoms with van der Waals surface area (Å²) in [6.45, 7) is 15.2. The Morgan fingerprint density at radius 1 is 0.518 bits per heavy atom. The van der Waals surface area contributed by atoms with E-state index in [1.54, 1.807) is 47.1 Å². The minimum Gasteiger partial charge on any atom is -0.343 e. The average Bonchev–Trinajstić information content (AvgIpc) is 2.21. The van der Waals surface area contributed by atoms with Crippen LogP contribution in [0.15, 0.2) is 109 Å². The minimum atomic E-state index is -0.933. The standard InChI is InChI=1S/C65H82N14O6/c1-38(66-9)58(80)70-56(64(3,4)5)62(84)76-36-46(32-52(76)60(82)68-54-48-26-15-11-20-40(48)30-41-21-12-16-27-49(41)54)78-34-44(72-74-78)24-19-25-45-35-79(75-73-45)47-33-53(77(37-47)63(85)57(65(6,7)8)71-59(81)39(2)67-10)61(83)69-55-50-28-17-13-22-42(50)31-43-23-14-18-29-51(43)55/h11-18,20-23,26-29,34-35,38-39,46-47,52-57,66-67H,19,24-25,30-33,36-37H2,1-10H3,(H,68,82)(H,69,83)(H,70,80)(H,71,81)/t38-,39-,46-,47-,52-,53?,56+,57+/m0/s1. The third kappa shape index (κ3) is 12.8. The SMILES string of the molecule is CN[C@@H](C)C(=O)N[C@H](C(=O)N1C[C@@H](n2cc(CCCc3cn([C@H]4C[C@@H](C(=O)NC5c6ccccc6Cc6ccccc65)N(C(=O)[C@@H](NC(=O)[C@H](C)NC)C(C)(C)C)C4)nn3)nn2)CC1C(=O)NC1c2ccccc2Cc2ccccc21)C(C)(C)C. The molecule has 2 aliphatic carbocycles. The molecular weight excluding hydrogens is 1070 g/mol. The van der Waals surface area contributed by atoms with Crippen molar-refractivity contribution in [2.45, 2.75) is 161 Å². The molecule has 20 nitrogen and oxygen atoms in total. The zero-order valence-electron chi connectivity index (χ0n) is 50.6. The van der Waals surface area contributed by atoms with Crippen molar-refractivity contribution in [3.8, 4) is 0 Å². The molecule has 2 saturated heterocycles. The number of carbonyl (C=O) groups excluding carboxylic acids is 6. The van der Waals surface area contributed by atoms with E-state index in [2.05, 4.69) is 76.8 Å². The summed E-state index contributed by atoms with van der Waals surface area (Å²) in [7, 11) is 3.38. The van der Waals surface area contributed by atoms with E-state index < -0.39 is 71.2 Å². The number of benzene rings is 4. The van der Waals surface area contributed by atoms with Gasteiger partial charge in [0.05, 0.1) is 47.6 Å². The van der Waals surface area contributed by atoms with Gasteiger partial charge in [0.15, 0.2) is 0 Å². The van der Waals surface area contributed by atoms with E-state index in [9.17, 15) is 28.8 Å². The highest BCUT2D eigenvalue weighted by molar-refractivity contribution is 5.95. The second-order valence-corrected chi connectivity index (χ2v) is 25.7. The Morgan fingerprint density at radius 2 is 0.847 bits per heavy atom. The number of nitrogens with zero attached hydrogens (tertiary/aromatic N) is 8. The fourth-order valence-electron chi connectivity index (χ4n) is 12.5. The molecule has 8 atom stereocenters. The number of amides is 6. The fourth-order valence-corrected chi connectivity index (χ4v) is 12.5. The number of aromatic nitrogens is 6. The number of likely N-dealkylation sites (tertiary alicyclic amines) is 2. The summed E-state index contributed by atoms with van der Waals surface area (Å²) in [5.74, 6) is -1.94. The summed E-state index contributed by atoms with van der Waals surface area (Å²) >= 11 is 0. The van der Waals surface area contributed by atoms with Crippen molar-refractivity contribution in [1.29, 1.82) is 0 Å². The Morgan fingerprint density at radius 3 is 1.16 bits per heavy atom. The van der Waals surface area contributed by atoms with Gasteiger partial charge in [0.1, 0.15) is 24.2 Å². The van der Waals surface area contributed by atoms with Crippen LogP contribution in [0.3, 0.4) is 0 Å². The molecule has 4 aromatic carbocycles. The summed E-state index contributed by atoms with van der Waals surface area (Å²) in [6, 6.07) is 26.1. The van der Waals surface area contributed by atoms with Crippen LogP contribution >= 0.6 is 0 Å². The normalized spacial score (nSPS) is 20.0. The lowest BCUT2D eigenvalue weighted by Gasteiger charge is -2.36. The van der Waals surface area contributed by atoms with Gasteiger partial charge in [-0.1, -0.05) is 149 Å². The first-order valence-electron chi connectivity index (χ1n) is 29.9. The van der Waals surface area contributed by atoms with Crippen LogP contribution in [0.1, 0.15) is 155 Å². The molecule has 85 heavy (non-hydrogen) atoms. The van der Waals surface area contributed by atoms with Gasteiger partial charge in [-0.15, -0.1) is 10.2 Å². The van der Waals surface area contributed by atoms with Gasteiger partial charge in [0, 0.05) is 38.3 Å². The number of carbonyl (C=O) groups is 6. The van der Waals surface area contributed by atoms with Gasteiger partial charge in [-0.25, -0.2) is 9.36 Å². The van der Waals surface area contributed by atoms with Gasteiger partial charge in [-0.3, -0.25) is 28.8 Å². The summed E-state index contributed by atoms with van der Waals surface area (Å²) in [5, 5.41) is 36.9. The topological polar surface area (TPSA) is 242 Å². The van der Waals surface area contributed by atoms with E-state index in [4.69, 9.17) is 0 Å². The zero-order chi connectivity index (χ0) is 60.5. The van der Waals surface area contributed by atoms with Crippen LogP contribution in [0.25, 0.3) is 0 Å². The molecule has 0 spiro atoms. The van der Waals surface area contributed by atoms with Gasteiger partial charge >= 0.3 is 0 Å². The summed E-state index contributed by atoms with van der Waals surface area (Å²) < 4.78 is 3.50. The highest BCUT2D eigenvalue weighted by atomic mass is 16.2. The molecule has 10 rings (SSSR count). The number of fused-ring (bicyclic) bond motifs is 4. The van der Waals surface area contributed by atoms with Crippen molar-refractivity contribution < 1.29 is 28.8 Å². The quantitative estimate of drug-likeness (QED) is 0.0649. The van der Waals surface area contributed by atoms with E-state index in [1.807, 2.05) is 127 Å². The van der Waals surface area contributed by atoms with Crippen molar-refractivity contribution in [2.24, 2.45) is 10.8 Å². The second-order valence-electron chi connectivity index (χ2n) is 25.7. The molecule has 6 amide bonds. The monoisotopic (exact) mass is 1150 g/mol. The van der Waals surface area contributed by atoms with E-state index in [0.29, 0.717) is 19.3 Å². The van der Waals surface area contributed by atoms with Gasteiger partial charge < -0.3 is 41.7 Å². The maximum absolute atomic E-state index is 15.0. The molecule has 2 aromatic heterocycles. The Kier molecular flexibility index (Phi) is 17.6. The largest absolute Gasteiger partial charge is 0.343 e. The van der Waals surface area contributed by atoms with Crippen LogP contribution in [0.2, 0.25) is 0 Å². The lowest BCUT2D eigenvalue weighted by molar-refractivity contribution is -0.144. The van der Waals surface area contributed by atoms with Crippen LogP contribution < -0.4 is 31.9 Å². The van der Waals surface area contributed by atoms with E-state index in [-0.39, 0.29) is 61.4 Å². The van der Waals surface area contributed by atoms with Crippen molar-refractivity contribution in [2.75, 3.05) is 27.2 Å². The third-order valence-corrected chi connectivity index (χ3v) is 17.7. The number of rotatable bonds is 18. The van der Waals surface area contributed by atoms with Crippen molar-refractivity contribution in [3.05, 3.63) is 165 Å². The molecule has 0 saturated carbocycles. The molecule has 6 N–H and O–H groups in total. The Balaban J connectivity index is 0.846. The Hall–Kier alpha value is -8.10. The molecule has 2 aliphatic heterocycles. The van der Waals surface area contributed by atoms with Gasteiger partial charge in [-0.05, 0) is 115 Å². The number of aryl methyl sites for hydroxylation is 2. The molecule has 4 aliphatic rings. The maximum Gasteiger partial charge on any atom is 0.246 e. The molecule has 0 radical (unpaired) electrons. The van der Waals surface area contributed by atoms with Crippen molar-refractivity contribution in [3.63, 3.8) is 0 Å². The molecule has 0 bridgehead atoms. The first-order valence-corrected chi connectivity index (χ1v) is 29.9. The average molecular weight is 1160 g/mol. The predicted molar refractivity (Wildman–Crippen MR) is 322 cm³/mol. The van der Waals surface area contributed by atoms with Crippen LogP contribution in [-0.4, -0.2) is 139 Å². The first kappa shape index (κ1) is 60.0. The van der Waals surface area contributed by atoms with Crippen LogP contribution in [0.5, 0.6) is 0 Å². The Bertz CT molecular complexity index is 3140. The van der Waals surface area contributed by atoms with Gasteiger partial charge in [-0.2, -0.15) is 0 Å². The molecule has 448 valence electrons. The molecular formula is C65H82N14O6. The lowest BCUT2D eigenvalue weighted by atomic mass is 9.82. The molecule has 4 heterocycles. The van der Waals surface area contributed by atoms with E-state index in [0.717, 1.165) is 68.7 Å². The molecule has 1 unspecified atom stereocenters. The minimum absolute atomic E-state index is 0.168. The van der Waals surface area contributed by atoms with Gasteiger partial charge in [0.25, 0.3) is 0 Å². The summed E-state index contributed by atoms with van der Waals surface area (Å²) in [4.78, 5) is 89.7. The number of hydrogen-bond acceptors (Lipinski definition) is 12. The predicted octanol–water partition coefficient (Wildman–Crippen LogP) is 5.23. The second kappa shape index (κ2) is 24.8. The first-order chi connectivity index (χ1) is 40.6. The molecule has 6 aromatic rings. The number of nitrogens with one attached hydrogen (secondary N) is 6. The van der Waals surface area contributed by atoms with Crippen LogP contribution in [0.4, 0.5) is 0 Å². The third-order valence-electron chi connectivity index (χ3n) is 17.7. The van der Waals surface area contributed by atoms with Crippen LogP contribution in [-0.2, 0) is 54.5 Å². The highest BCUT2D eigenvalue weighted by Gasteiger charge is 2.49. The van der Waals surface area contributed by atoms with Crippen molar-refractivity contribution >= 4 is 35.4 Å². The van der Waals surface area contributed by atoms with Crippen LogP contribution in [0, 0.1) is 10.8 Å². The number of likely N-dealkylation sites (N-methyl/N-ethyl adjacent to an activating group) is 2. The molecule has 20 heteroatoms. The lowest BCUT2D eigenvalue weighted by Crippen LogP contribution is -2.59. The van der Waals surface area contributed by atoms with E-state index in [1.165, 1.54) is 0 Å². The summed E-state index contributed by atoms with van der Waals surface area (Å²) in [6.07, 6.45) is 7.52. The van der Waals surface area contributed by atoms with E-state index >= 15 is 0 Å². The summed E-state index contributed by atoms with van der Waals surface area (Å²) in [5.41, 5.74) is 8.62. The van der Waals surface area contributed by atoms with Gasteiger partial charge in [0.2, 0.25) is 35.4 Å². The smallest absolute Gasteiger partial charge is 0.246 e. The molecule has 2 fully saturated rings.